The number of benzene rings is 3. The van der Waals surface area contributed by atoms with Gasteiger partial charge in [-0.1, -0.05) is 30.3 Å². The topological polar surface area (TPSA) is 57.2 Å². The summed E-state index contributed by atoms with van der Waals surface area (Å²) < 4.78 is 7.49. The lowest BCUT2D eigenvalue weighted by Crippen LogP contribution is -2.11. The van der Waals surface area contributed by atoms with Gasteiger partial charge in [-0.3, -0.25) is 4.79 Å². The molecular weight excluding hydrogens is 324 g/mol. The number of nitrogens with two attached hydrogens (primary N) is 1. The van der Waals surface area contributed by atoms with Crippen molar-refractivity contribution >= 4 is 27.7 Å². The molecule has 4 rings (SSSR count). The van der Waals surface area contributed by atoms with Crippen LogP contribution in [0, 0.1) is 6.92 Å². The lowest BCUT2D eigenvalue weighted by molar-refractivity contribution is 0.100. The molecule has 4 heteroatoms. The molecule has 130 valence electrons. The molecule has 4 nitrogen and oxygen atoms in total. The second-order valence-corrected chi connectivity index (χ2v) is 6.52. The molecule has 4 aromatic rings. The molecule has 0 aliphatic carbocycles. The van der Waals surface area contributed by atoms with Gasteiger partial charge < -0.3 is 15.0 Å². The number of aryl methyl sites for hydroxylation is 1. The van der Waals surface area contributed by atoms with Crippen LogP contribution in [0.1, 0.15) is 21.5 Å². The Kier molecular flexibility index (Phi) is 3.88. The zero-order valence-corrected chi connectivity index (χ0v) is 14.8. The number of amides is 1. The summed E-state index contributed by atoms with van der Waals surface area (Å²) in [4.78, 5) is 12.0. The van der Waals surface area contributed by atoms with Crippen LogP contribution >= 0.6 is 0 Å². The van der Waals surface area contributed by atoms with Gasteiger partial charge in [0.05, 0.1) is 12.6 Å². The van der Waals surface area contributed by atoms with Crippen LogP contribution < -0.4 is 10.5 Å². The van der Waals surface area contributed by atoms with E-state index in [2.05, 4.69) is 41.8 Å². The molecule has 26 heavy (non-hydrogen) atoms. The molecule has 0 radical (unpaired) electrons. The van der Waals surface area contributed by atoms with Gasteiger partial charge in [-0.15, -0.1) is 0 Å². The van der Waals surface area contributed by atoms with Gasteiger partial charge in [-0.2, -0.15) is 0 Å². The highest BCUT2D eigenvalue weighted by Gasteiger charge is 2.16. The van der Waals surface area contributed by atoms with Crippen molar-refractivity contribution in [1.82, 2.24) is 4.57 Å². The van der Waals surface area contributed by atoms with E-state index in [1.165, 1.54) is 5.56 Å². The number of carbonyl (C=O) groups is 1. The molecule has 0 fully saturated rings. The highest BCUT2D eigenvalue weighted by molar-refractivity contribution is 6.17. The van der Waals surface area contributed by atoms with E-state index in [9.17, 15) is 4.79 Å². The van der Waals surface area contributed by atoms with Gasteiger partial charge in [0.2, 0.25) is 5.91 Å². The highest BCUT2D eigenvalue weighted by atomic mass is 16.5. The maximum absolute atomic E-state index is 12.0. The third kappa shape index (κ3) is 2.60. The molecule has 1 heterocycles. The maximum atomic E-state index is 12.0. The van der Waals surface area contributed by atoms with Gasteiger partial charge in [0, 0.05) is 28.4 Å². The molecule has 0 spiro atoms. The van der Waals surface area contributed by atoms with Crippen molar-refractivity contribution in [3.63, 3.8) is 0 Å². The number of methoxy groups -OCH3 is 1. The van der Waals surface area contributed by atoms with Crippen LogP contribution in [0.25, 0.3) is 21.8 Å². The van der Waals surface area contributed by atoms with Crippen molar-refractivity contribution in [2.45, 2.75) is 13.5 Å². The van der Waals surface area contributed by atoms with Gasteiger partial charge in [-0.05, 0) is 48.4 Å². The molecular formula is C22H20N2O2. The minimum atomic E-state index is -0.403. The molecule has 0 aliphatic rings. The van der Waals surface area contributed by atoms with E-state index in [0.717, 1.165) is 33.1 Å². The second kappa shape index (κ2) is 6.23. The molecule has 0 aliphatic heterocycles. The number of hydrogen-bond donors (Lipinski definition) is 1. The SMILES string of the molecule is COc1ccc(Cn2c3cc(C)ccc3c3c(C(N)=O)cccc32)cc1. The normalized spacial score (nSPS) is 11.2. The van der Waals surface area contributed by atoms with Crippen LogP contribution in [0.4, 0.5) is 0 Å². The average molecular weight is 344 g/mol. The Morgan fingerprint density at radius 1 is 1.04 bits per heavy atom. The van der Waals surface area contributed by atoms with E-state index in [1.807, 2.05) is 24.3 Å². The fourth-order valence-corrected chi connectivity index (χ4v) is 3.54. The number of nitrogens with zero attached hydrogens (tertiary/aromatic N) is 1. The molecule has 0 saturated heterocycles. The van der Waals surface area contributed by atoms with E-state index in [0.29, 0.717) is 12.1 Å². The summed E-state index contributed by atoms with van der Waals surface area (Å²) in [5.41, 5.74) is 10.6. The number of aromatic nitrogens is 1. The zero-order chi connectivity index (χ0) is 18.3. The molecule has 1 amide bonds. The van der Waals surface area contributed by atoms with Gasteiger partial charge in [-0.25, -0.2) is 0 Å². The van der Waals surface area contributed by atoms with Gasteiger partial charge >= 0.3 is 0 Å². The average Bonchev–Trinajstić information content (AvgIpc) is 2.95. The summed E-state index contributed by atoms with van der Waals surface area (Å²) in [6.07, 6.45) is 0. The Hall–Kier alpha value is -3.27. The van der Waals surface area contributed by atoms with E-state index in [-0.39, 0.29) is 0 Å². The van der Waals surface area contributed by atoms with Gasteiger partial charge in [0.1, 0.15) is 5.75 Å². The Bertz CT molecular complexity index is 1120. The second-order valence-electron chi connectivity index (χ2n) is 6.52. The first-order valence-corrected chi connectivity index (χ1v) is 8.53. The summed E-state index contributed by atoms with van der Waals surface area (Å²) in [6.45, 7) is 2.78. The van der Waals surface area contributed by atoms with Crippen molar-refractivity contribution in [1.29, 1.82) is 0 Å². The number of carbonyl (C=O) groups excluding carboxylic acids is 1. The lowest BCUT2D eigenvalue weighted by atomic mass is 10.1. The van der Waals surface area contributed by atoms with Crippen molar-refractivity contribution in [3.05, 3.63) is 77.4 Å². The summed E-state index contributed by atoms with van der Waals surface area (Å²) in [5.74, 6) is 0.433. The molecule has 0 saturated carbocycles. The molecule has 0 unspecified atom stereocenters. The van der Waals surface area contributed by atoms with E-state index in [1.54, 1.807) is 13.2 Å². The number of hydrogen-bond acceptors (Lipinski definition) is 2. The fourth-order valence-electron chi connectivity index (χ4n) is 3.54. The first-order chi connectivity index (χ1) is 12.6. The van der Waals surface area contributed by atoms with Gasteiger partial charge in [0.25, 0.3) is 0 Å². The summed E-state index contributed by atoms with van der Waals surface area (Å²) in [5, 5.41) is 1.97. The molecule has 0 bridgehead atoms. The summed E-state index contributed by atoms with van der Waals surface area (Å²) >= 11 is 0. The molecule has 2 N–H and O–H groups in total. The third-order valence-electron chi connectivity index (χ3n) is 4.81. The Morgan fingerprint density at radius 3 is 2.50 bits per heavy atom. The maximum Gasteiger partial charge on any atom is 0.249 e. The Morgan fingerprint density at radius 2 is 1.81 bits per heavy atom. The largest absolute Gasteiger partial charge is 0.497 e. The van der Waals surface area contributed by atoms with Crippen LogP contribution in [0.15, 0.2) is 60.7 Å². The fraction of sp³-hybridized carbons (Fsp3) is 0.136. The smallest absolute Gasteiger partial charge is 0.249 e. The predicted octanol–water partition coefficient (Wildman–Crippen LogP) is 4.26. The first-order valence-electron chi connectivity index (χ1n) is 8.53. The molecule has 3 aromatic carbocycles. The first kappa shape index (κ1) is 16.2. The number of ether oxygens (including phenoxy) is 1. The Balaban J connectivity index is 1.98. The van der Waals surface area contributed by atoms with Crippen molar-refractivity contribution < 1.29 is 9.53 Å². The summed E-state index contributed by atoms with van der Waals surface area (Å²) in [7, 11) is 1.66. The van der Waals surface area contributed by atoms with E-state index >= 15 is 0 Å². The minimum absolute atomic E-state index is 0.403. The number of rotatable bonds is 4. The van der Waals surface area contributed by atoms with E-state index in [4.69, 9.17) is 10.5 Å². The highest BCUT2D eigenvalue weighted by Crippen LogP contribution is 2.33. The zero-order valence-electron chi connectivity index (χ0n) is 14.8. The lowest BCUT2D eigenvalue weighted by Gasteiger charge is -2.09. The van der Waals surface area contributed by atoms with Crippen LogP contribution in [0.5, 0.6) is 5.75 Å². The number of primary amides is 1. The van der Waals surface area contributed by atoms with E-state index < -0.39 is 5.91 Å². The Labute approximate surface area is 151 Å². The van der Waals surface area contributed by atoms with Gasteiger partial charge in [0.15, 0.2) is 0 Å². The van der Waals surface area contributed by atoms with Crippen LogP contribution in [-0.4, -0.2) is 17.6 Å². The monoisotopic (exact) mass is 344 g/mol. The van der Waals surface area contributed by atoms with Crippen LogP contribution in [0.3, 0.4) is 0 Å². The van der Waals surface area contributed by atoms with Crippen molar-refractivity contribution in [3.8, 4) is 5.75 Å². The molecule has 0 atom stereocenters. The quantitative estimate of drug-likeness (QED) is 0.601. The standard InChI is InChI=1S/C22H20N2O2/c1-14-6-11-17-20(12-14)24(13-15-7-9-16(26-2)10-8-15)19-5-3-4-18(21(17)19)22(23)25/h3-12H,13H2,1-2H3,(H2,23,25). The van der Waals surface area contributed by atoms with Crippen molar-refractivity contribution in [2.24, 2.45) is 5.73 Å². The summed E-state index contributed by atoms with van der Waals surface area (Å²) in [6, 6.07) is 20.1. The molecule has 1 aromatic heterocycles. The van der Waals surface area contributed by atoms with Crippen LogP contribution in [-0.2, 0) is 6.54 Å². The number of fused-ring (bicyclic) bond motifs is 3. The van der Waals surface area contributed by atoms with Crippen molar-refractivity contribution in [2.75, 3.05) is 7.11 Å². The third-order valence-corrected chi connectivity index (χ3v) is 4.81. The van der Waals surface area contributed by atoms with Crippen LogP contribution in [0.2, 0.25) is 0 Å². The predicted molar refractivity (Wildman–Crippen MR) is 105 cm³/mol. The minimum Gasteiger partial charge on any atom is -0.497 e.